The first-order valence-electron chi connectivity index (χ1n) is 7.48. The monoisotopic (exact) mass is 383 g/mol. The van der Waals surface area contributed by atoms with Gasteiger partial charge < -0.3 is 14.8 Å². The molecule has 1 amide bonds. The minimum Gasteiger partial charge on any atom is -0.462 e. The maximum Gasteiger partial charge on any atom is 0.348 e. The van der Waals surface area contributed by atoms with E-state index >= 15 is 0 Å². The Morgan fingerprint density at radius 3 is 2.24 bits per heavy atom. The van der Waals surface area contributed by atoms with Crippen LogP contribution in [0.25, 0.3) is 0 Å². The van der Waals surface area contributed by atoms with Gasteiger partial charge in [-0.3, -0.25) is 4.79 Å². The van der Waals surface area contributed by atoms with E-state index in [1.165, 1.54) is 0 Å². The van der Waals surface area contributed by atoms with E-state index in [0.29, 0.717) is 16.1 Å². The topological polar surface area (TPSA) is 107 Å². The summed E-state index contributed by atoms with van der Waals surface area (Å²) in [5, 5.41) is 6.67. The van der Waals surface area contributed by atoms with Gasteiger partial charge in [-0.1, -0.05) is 4.49 Å². The molecule has 10 heteroatoms. The average molecular weight is 383 g/mol. The molecular weight excluding hydrogens is 366 g/mol. The predicted octanol–water partition coefficient (Wildman–Crippen LogP) is 2.82. The van der Waals surface area contributed by atoms with Crippen LogP contribution in [0.3, 0.4) is 0 Å². The van der Waals surface area contributed by atoms with E-state index in [9.17, 15) is 14.4 Å². The molecule has 0 aliphatic heterocycles. The van der Waals surface area contributed by atoms with E-state index < -0.39 is 17.8 Å². The second-order valence-corrected chi connectivity index (χ2v) is 6.62. The zero-order valence-electron chi connectivity index (χ0n) is 14.2. The summed E-state index contributed by atoms with van der Waals surface area (Å²) in [7, 11) is 0. The third-order valence-electron chi connectivity index (χ3n) is 3.17. The number of esters is 2. The molecule has 0 saturated carbocycles. The number of carbonyl (C=O) groups excluding carboxylic acids is 3. The SMILES string of the molecule is CCOC(=O)c1sc(NC(=O)c2snnc2C)c(C(=O)OCC)c1C. The van der Waals surface area contributed by atoms with Crippen LogP contribution in [-0.4, -0.2) is 40.6 Å². The van der Waals surface area contributed by atoms with Gasteiger partial charge in [0.15, 0.2) is 0 Å². The van der Waals surface area contributed by atoms with Crippen molar-refractivity contribution in [2.45, 2.75) is 27.7 Å². The van der Waals surface area contributed by atoms with Crippen molar-refractivity contribution in [3.05, 3.63) is 26.6 Å². The van der Waals surface area contributed by atoms with Gasteiger partial charge in [0.2, 0.25) is 0 Å². The number of amides is 1. The first-order valence-corrected chi connectivity index (χ1v) is 9.07. The van der Waals surface area contributed by atoms with Gasteiger partial charge in [0.25, 0.3) is 5.91 Å². The molecule has 0 bridgehead atoms. The predicted molar refractivity (Wildman–Crippen MR) is 93.6 cm³/mol. The van der Waals surface area contributed by atoms with Gasteiger partial charge in [-0.05, 0) is 44.8 Å². The van der Waals surface area contributed by atoms with Crippen LogP contribution in [0.5, 0.6) is 0 Å². The Bertz CT molecular complexity index is 812. The molecule has 2 aromatic heterocycles. The van der Waals surface area contributed by atoms with Crippen LogP contribution in [0.2, 0.25) is 0 Å². The molecule has 0 atom stereocenters. The number of aromatic nitrogens is 2. The summed E-state index contributed by atoms with van der Waals surface area (Å²) < 4.78 is 13.8. The summed E-state index contributed by atoms with van der Waals surface area (Å²) >= 11 is 1.93. The highest BCUT2D eigenvalue weighted by atomic mass is 32.1. The first kappa shape index (κ1) is 19.0. The van der Waals surface area contributed by atoms with Crippen LogP contribution in [0.4, 0.5) is 5.00 Å². The van der Waals surface area contributed by atoms with Gasteiger partial charge in [-0.25, -0.2) is 9.59 Å². The van der Waals surface area contributed by atoms with Gasteiger partial charge in [-0.2, -0.15) is 0 Å². The lowest BCUT2D eigenvalue weighted by Crippen LogP contribution is -2.14. The third-order valence-corrected chi connectivity index (χ3v) is 5.19. The lowest BCUT2D eigenvalue weighted by atomic mass is 10.1. The van der Waals surface area contributed by atoms with Crippen LogP contribution < -0.4 is 5.32 Å². The highest BCUT2D eigenvalue weighted by Gasteiger charge is 2.28. The van der Waals surface area contributed by atoms with E-state index in [4.69, 9.17) is 9.47 Å². The molecule has 0 saturated heterocycles. The molecule has 0 fully saturated rings. The minimum atomic E-state index is -0.610. The van der Waals surface area contributed by atoms with Gasteiger partial charge in [-0.15, -0.1) is 16.4 Å². The largest absolute Gasteiger partial charge is 0.462 e. The van der Waals surface area contributed by atoms with Crippen molar-refractivity contribution in [3.8, 4) is 0 Å². The van der Waals surface area contributed by atoms with Crippen molar-refractivity contribution < 1.29 is 23.9 Å². The summed E-state index contributed by atoms with van der Waals surface area (Å²) in [5.74, 6) is -1.61. The molecule has 0 aromatic carbocycles. The van der Waals surface area contributed by atoms with Gasteiger partial charge in [0.1, 0.15) is 14.8 Å². The molecule has 0 radical (unpaired) electrons. The summed E-state index contributed by atoms with van der Waals surface area (Å²) in [6.07, 6.45) is 0. The summed E-state index contributed by atoms with van der Waals surface area (Å²) in [4.78, 5) is 37.3. The summed E-state index contributed by atoms with van der Waals surface area (Å²) in [6, 6.07) is 0. The van der Waals surface area contributed by atoms with Gasteiger partial charge >= 0.3 is 11.9 Å². The lowest BCUT2D eigenvalue weighted by Gasteiger charge is -2.06. The molecule has 134 valence electrons. The fourth-order valence-electron chi connectivity index (χ4n) is 2.04. The molecule has 2 rings (SSSR count). The number of nitrogens with one attached hydrogen (secondary N) is 1. The van der Waals surface area contributed by atoms with E-state index in [1.54, 1.807) is 27.7 Å². The number of ether oxygens (including phenoxy) is 2. The van der Waals surface area contributed by atoms with Crippen molar-refractivity contribution in [1.82, 2.24) is 9.59 Å². The van der Waals surface area contributed by atoms with Crippen LogP contribution in [-0.2, 0) is 9.47 Å². The van der Waals surface area contributed by atoms with Crippen LogP contribution in [0.15, 0.2) is 0 Å². The zero-order valence-corrected chi connectivity index (χ0v) is 15.8. The quantitative estimate of drug-likeness (QED) is 0.764. The minimum absolute atomic E-state index is 0.151. The van der Waals surface area contributed by atoms with E-state index in [-0.39, 0.29) is 28.7 Å². The number of thiophene rings is 1. The Balaban J connectivity index is 2.42. The number of hydrogen-bond donors (Lipinski definition) is 1. The maximum atomic E-state index is 12.4. The van der Waals surface area contributed by atoms with Crippen LogP contribution >= 0.6 is 22.9 Å². The molecule has 0 unspecified atom stereocenters. The Hall–Kier alpha value is -2.33. The maximum absolute atomic E-state index is 12.4. The summed E-state index contributed by atoms with van der Waals surface area (Å²) in [5.41, 5.74) is 1.05. The van der Waals surface area contributed by atoms with Crippen molar-refractivity contribution in [2.24, 2.45) is 0 Å². The van der Waals surface area contributed by atoms with E-state index in [1.807, 2.05) is 0 Å². The van der Waals surface area contributed by atoms with E-state index in [0.717, 1.165) is 22.9 Å². The Morgan fingerprint density at radius 1 is 1.04 bits per heavy atom. The van der Waals surface area contributed by atoms with Crippen LogP contribution in [0, 0.1) is 13.8 Å². The van der Waals surface area contributed by atoms with Gasteiger partial charge in [0, 0.05) is 0 Å². The molecule has 1 N–H and O–H groups in total. The van der Waals surface area contributed by atoms with Crippen LogP contribution in [0.1, 0.15) is 54.8 Å². The Labute approximate surface area is 152 Å². The smallest absolute Gasteiger partial charge is 0.348 e. The average Bonchev–Trinajstić information content (AvgIpc) is 3.11. The Kier molecular flexibility index (Phi) is 6.21. The van der Waals surface area contributed by atoms with Crippen molar-refractivity contribution in [3.63, 3.8) is 0 Å². The molecule has 0 spiro atoms. The van der Waals surface area contributed by atoms with Gasteiger partial charge in [0.05, 0.1) is 24.5 Å². The van der Waals surface area contributed by atoms with Crippen molar-refractivity contribution in [1.29, 1.82) is 0 Å². The molecule has 0 aliphatic carbocycles. The third kappa shape index (κ3) is 4.02. The standard InChI is InChI=1S/C15H17N3O5S2/c1-5-22-14(20)9-7(3)10(15(21)23-6-2)24-13(9)16-12(19)11-8(4)17-18-25-11/h5-6H2,1-4H3,(H,16,19). The lowest BCUT2D eigenvalue weighted by molar-refractivity contribution is 0.0527. The fraction of sp³-hybridized carbons (Fsp3) is 0.400. The number of rotatable bonds is 6. The molecule has 2 aromatic rings. The molecular formula is C15H17N3O5S2. The normalized spacial score (nSPS) is 10.4. The van der Waals surface area contributed by atoms with Crippen molar-refractivity contribution in [2.75, 3.05) is 18.5 Å². The zero-order chi connectivity index (χ0) is 18.6. The molecule has 0 aliphatic rings. The molecule has 2 heterocycles. The van der Waals surface area contributed by atoms with E-state index in [2.05, 4.69) is 14.9 Å². The highest BCUT2D eigenvalue weighted by Crippen LogP contribution is 2.34. The number of anilines is 1. The summed E-state index contributed by atoms with van der Waals surface area (Å²) in [6.45, 7) is 7.02. The highest BCUT2D eigenvalue weighted by molar-refractivity contribution is 7.18. The Morgan fingerprint density at radius 2 is 1.68 bits per heavy atom. The number of aryl methyl sites for hydroxylation is 1. The number of hydrogen-bond acceptors (Lipinski definition) is 9. The second-order valence-electron chi connectivity index (χ2n) is 4.84. The molecule has 25 heavy (non-hydrogen) atoms. The van der Waals surface area contributed by atoms with Crippen molar-refractivity contribution >= 4 is 45.7 Å². The second kappa shape index (κ2) is 8.17. The fourth-order valence-corrected chi connectivity index (χ4v) is 3.68. The number of nitrogens with zero attached hydrogens (tertiary/aromatic N) is 2. The molecule has 8 nitrogen and oxygen atoms in total. The first-order chi connectivity index (χ1) is 11.9. The number of carbonyl (C=O) groups is 3.